The summed E-state index contributed by atoms with van der Waals surface area (Å²) in [6.07, 6.45) is 3.31. The van der Waals surface area contributed by atoms with Gasteiger partial charge in [0.2, 0.25) is 0 Å². The molecule has 0 radical (unpaired) electrons. The van der Waals surface area contributed by atoms with E-state index in [1.54, 1.807) is 0 Å². The van der Waals surface area contributed by atoms with E-state index in [9.17, 15) is 4.79 Å². The number of hydrogen-bond acceptors (Lipinski definition) is 2. The highest BCUT2D eigenvalue weighted by molar-refractivity contribution is 6.04. The van der Waals surface area contributed by atoms with E-state index in [0.717, 1.165) is 30.2 Å². The van der Waals surface area contributed by atoms with Crippen molar-refractivity contribution >= 4 is 16.8 Å². The lowest BCUT2D eigenvalue weighted by molar-refractivity contribution is 0.0949. The Balaban J connectivity index is 2.04. The second-order valence-electron chi connectivity index (χ2n) is 4.08. The van der Waals surface area contributed by atoms with E-state index in [0.29, 0.717) is 12.2 Å². The largest absolute Gasteiger partial charge is 0.351 e. The molecule has 0 aliphatic rings. The van der Waals surface area contributed by atoms with Crippen molar-refractivity contribution in [2.24, 2.45) is 0 Å². The third-order valence-electron chi connectivity index (χ3n) is 2.75. The maximum absolute atomic E-state index is 11.9. The Labute approximate surface area is 100 Å². The van der Waals surface area contributed by atoms with Gasteiger partial charge in [0.05, 0.1) is 5.52 Å². The molecule has 0 aliphatic heterocycles. The van der Waals surface area contributed by atoms with Crippen LogP contribution in [0.4, 0.5) is 0 Å². The second-order valence-corrected chi connectivity index (χ2v) is 4.08. The summed E-state index contributed by atoms with van der Waals surface area (Å²) in [5, 5.41) is 10.7. The first-order valence-corrected chi connectivity index (χ1v) is 6.04. The Morgan fingerprint density at radius 3 is 3.00 bits per heavy atom. The number of fused-ring (bicyclic) bond motifs is 1. The van der Waals surface area contributed by atoms with E-state index in [4.69, 9.17) is 0 Å². The lowest BCUT2D eigenvalue weighted by Crippen LogP contribution is -2.24. The zero-order valence-corrected chi connectivity index (χ0v) is 9.99. The number of amides is 1. The smallest absolute Gasteiger partial charge is 0.272 e. The molecule has 2 N–H and O–H groups in total. The third kappa shape index (κ3) is 2.64. The van der Waals surface area contributed by atoms with Crippen molar-refractivity contribution in [3.8, 4) is 0 Å². The first-order chi connectivity index (χ1) is 8.33. The minimum Gasteiger partial charge on any atom is -0.351 e. The van der Waals surface area contributed by atoms with Crippen molar-refractivity contribution in [3.63, 3.8) is 0 Å². The summed E-state index contributed by atoms with van der Waals surface area (Å²) < 4.78 is 0. The van der Waals surface area contributed by atoms with Crippen LogP contribution in [0.1, 0.15) is 36.7 Å². The van der Waals surface area contributed by atoms with Gasteiger partial charge in [-0.1, -0.05) is 38.0 Å². The summed E-state index contributed by atoms with van der Waals surface area (Å²) in [6, 6.07) is 7.64. The van der Waals surface area contributed by atoms with Crippen LogP contribution in [0.3, 0.4) is 0 Å². The average molecular weight is 231 g/mol. The zero-order valence-electron chi connectivity index (χ0n) is 9.99. The maximum atomic E-state index is 11.9. The molecule has 1 amide bonds. The van der Waals surface area contributed by atoms with Crippen molar-refractivity contribution < 1.29 is 4.79 Å². The Morgan fingerprint density at radius 1 is 1.35 bits per heavy atom. The fraction of sp³-hybridized carbons (Fsp3) is 0.385. The fourth-order valence-electron chi connectivity index (χ4n) is 1.80. The van der Waals surface area contributed by atoms with Crippen molar-refractivity contribution in [2.75, 3.05) is 6.54 Å². The van der Waals surface area contributed by atoms with E-state index in [1.165, 1.54) is 0 Å². The number of para-hydroxylation sites is 1. The summed E-state index contributed by atoms with van der Waals surface area (Å²) in [5.41, 5.74) is 1.38. The number of nitrogens with zero attached hydrogens (tertiary/aromatic N) is 1. The van der Waals surface area contributed by atoms with Crippen LogP contribution in [0, 0.1) is 0 Å². The van der Waals surface area contributed by atoms with Crippen LogP contribution < -0.4 is 5.32 Å². The van der Waals surface area contributed by atoms with E-state index in [-0.39, 0.29) is 5.91 Å². The summed E-state index contributed by atoms with van der Waals surface area (Å²) in [5.74, 6) is -0.0986. The first kappa shape index (κ1) is 11.6. The van der Waals surface area contributed by atoms with Crippen molar-refractivity contribution in [3.05, 3.63) is 30.0 Å². The molecule has 1 heterocycles. The number of carbonyl (C=O) groups excluding carboxylic acids is 1. The van der Waals surface area contributed by atoms with Crippen LogP contribution in [-0.4, -0.2) is 22.6 Å². The molecule has 90 valence electrons. The minimum atomic E-state index is -0.0986. The second kappa shape index (κ2) is 5.48. The van der Waals surface area contributed by atoms with Crippen molar-refractivity contribution in [2.45, 2.75) is 26.2 Å². The minimum absolute atomic E-state index is 0.0986. The molecule has 2 rings (SSSR count). The molecule has 17 heavy (non-hydrogen) atoms. The Bertz CT molecular complexity index is 504. The standard InChI is InChI=1S/C13H17N3O/c1-2-3-6-9-14-13(17)12-10-7-4-5-8-11(10)15-16-12/h4-5,7-8H,2-3,6,9H2,1H3,(H,14,17)(H,15,16). The molecular formula is C13H17N3O. The summed E-state index contributed by atoms with van der Waals surface area (Å²) >= 11 is 0. The number of aromatic amines is 1. The molecule has 0 atom stereocenters. The third-order valence-corrected chi connectivity index (χ3v) is 2.75. The van der Waals surface area contributed by atoms with Gasteiger partial charge in [-0.05, 0) is 12.5 Å². The van der Waals surface area contributed by atoms with Gasteiger partial charge in [-0.15, -0.1) is 0 Å². The topological polar surface area (TPSA) is 57.8 Å². The molecular weight excluding hydrogens is 214 g/mol. The summed E-state index contributed by atoms with van der Waals surface area (Å²) in [6.45, 7) is 2.86. The molecule has 0 saturated heterocycles. The van der Waals surface area contributed by atoms with Crippen molar-refractivity contribution in [1.29, 1.82) is 0 Å². The van der Waals surface area contributed by atoms with Gasteiger partial charge in [0.25, 0.3) is 5.91 Å². The molecule has 4 nitrogen and oxygen atoms in total. The number of benzene rings is 1. The normalized spacial score (nSPS) is 10.6. The van der Waals surface area contributed by atoms with Crippen LogP contribution in [0.5, 0.6) is 0 Å². The van der Waals surface area contributed by atoms with Gasteiger partial charge in [-0.3, -0.25) is 9.89 Å². The highest BCUT2D eigenvalue weighted by atomic mass is 16.1. The summed E-state index contributed by atoms with van der Waals surface area (Å²) in [7, 11) is 0. The summed E-state index contributed by atoms with van der Waals surface area (Å²) in [4.78, 5) is 11.9. The van der Waals surface area contributed by atoms with E-state index in [2.05, 4.69) is 22.4 Å². The van der Waals surface area contributed by atoms with Gasteiger partial charge in [0.1, 0.15) is 0 Å². The predicted octanol–water partition coefficient (Wildman–Crippen LogP) is 2.48. The first-order valence-electron chi connectivity index (χ1n) is 6.04. The van der Waals surface area contributed by atoms with Crippen LogP contribution in [0.25, 0.3) is 10.9 Å². The quantitative estimate of drug-likeness (QED) is 0.777. The Kier molecular flexibility index (Phi) is 3.75. The molecule has 0 spiro atoms. The van der Waals surface area contributed by atoms with Crippen LogP contribution >= 0.6 is 0 Å². The molecule has 0 bridgehead atoms. The van der Waals surface area contributed by atoms with E-state index in [1.807, 2.05) is 24.3 Å². The van der Waals surface area contributed by atoms with E-state index >= 15 is 0 Å². The number of rotatable bonds is 5. The van der Waals surface area contributed by atoms with Crippen molar-refractivity contribution in [1.82, 2.24) is 15.5 Å². The van der Waals surface area contributed by atoms with Gasteiger partial charge in [0, 0.05) is 11.9 Å². The number of hydrogen-bond donors (Lipinski definition) is 2. The van der Waals surface area contributed by atoms with Gasteiger partial charge in [-0.25, -0.2) is 0 Å². The molecule has 0 aliphatic carbocycles. The SMILES string of the molecule is CCCCCNC(=O)c1n[nH]c2ccccc12. The number of aromatic nitrogens is 2. The molecule has 0 saturated carbocycles. The zero-order chi connectivity index (χ0) is 12.1. The molecule has 0 unspecified atom stereocenters. The van der Waals surface area contributed by atoms with Gasteiger partial charge < -0.3 is 5.32 Å². The predicted molar refractivity (Wildman–Crippen MR) is 68.0 cm³/mol. The Morgan fingerprint density at radius 2 is 2.18 bits per heavy atom. The number of carbonyl (C=O) groups is 1. The van der Waals surface area contributed by atoms with Gasteiger partial charge in [0.15, 0.2) is 5.69 Å². The lowest BCUT2D eigenvalue weighted by Gasteiger charge is -2.02. The Hall–Kier alpha value is -1.84. The van der Waals surface area contributed by atoms with E-state index < -0.39 is 0 Å². The van der Waals surface area contributed by atoms with Gasteiger partial charge >= 0.3 is 0 Å². The number of unbranched alkanes of at least 4 members (excludes halogenated alkanes) is 2. The molecule has 1 aromatic heterocycles. The number of H-pyrrole nitrogens is 1. The molecule has 4 heteroatoms. The van der Waals surface area contributed by atoms with Gasteiger partial charge in [-0.2, -0.15) is 5.10 Å². The fourth-order valence-corrected chi connectivity index (χ4v) is 1.80. The highest BCUT2D eigenvalue weighted by Crippen LogP contribution is 2.14. The number of nitrogens with one attached hydrogen (secondary N) is 2. The average Bonchev–Trinajstić information content (AvgIpc) is 2.78. The van der Waals surface area contributed by atoms with Crippen LogP contribution in [0.15, 0.2) is 24.3 Å². The lowest BCUT2D eigenvalue weighted by atomic mass is 10.2. The molecule has 0 fully saturated rings. The van der Waals surface area contributed by atoms with Crippen LogP contribution in [0.2, 0.25) is 0 Å². The highest BCUT2D eigenvalue weighted by Gasteiger charge is 2.12. The maximum Gasteiger partial charge on any atom is 0.272 e. The van der Waals surface area contributed by atoms with Crippen LogP contribution in [-0.2, 0) is 0 Å². The molecule has 1 aromatic carbocycles. The molecule has 2 aromatic rings. The monoisotopic (exact) mass is 231 g/mol.